The summed E-state index contributed by atoms with van der Waals surface area (Å²) in [4.78, 5) is 27.6. The highest BCUT2D eigenvalue weighted by Crippen LogP contribution is 2.52. The molecule has 0 N–H and O–H groups in total. The molecule has 0 bridgehead atoms. The van der Waals surface area contributed by atoms with E-state index in [2.05, 4.69) is 52.3 Å². The second-order valence-electron chi connectivity index (χ2n) is 10.3. The maximum atomic E-state index is 12.9. The average molecular weight is 436 g/mol. The Labute approximate surface area is 181 Å². The largest absolute Gasteiger partial charge is 0.457 e. The van der Waals surface area contributed by atoms with Crippen LogP contribution in [0.2, 0.25) is 18.1 Å². The summed E-state index contributed by atoms with van der Waals surface area (Å²) in [6, 6.07) is 0.164. The number of methoxy groups -OCH3 is 1. The quantitative estimate of drug-likeness (QED) is 0.345. The van der Waals surface area contributed by atoms with Gasteiger partial charge in [-0.25, -0.2) is 4.79 Å². The molecule has 3 aliphatic rings. The van der Waals surface area contributed by atoms with Crippen molar-refractivity contribution < 1.29 is 23.5 Å². The summed E-state index contributed by atoms with van der Waals surface area (Å²) in [6.07, 6.45) is 2.22. The van der Waals surface area contributed by atoms with E-state index in [1.165, 1.54) is 0 Å². The second-order valence-corrected chi connectivity index (χ2v) is 15.1. The lowest BCUT2D eigenvalue weighted by molar-refractivity contribution is -0.142. The van der Waals surface area contributed by atoms with Crippen molar-refractivity contribution in [1.82, 2.24) is 4.90 Å². The summed E-state index contributed by atoms with van der Waals surface area (Å²) < 4.78 is 17.6. The van der Waals surface area contributed by atoms with E-state index in [0.717, 1.165) is 18.5 Å². The molecule has 0 spiro atoms. The van der Waals surface area contributed by atoms with Crippen molar-refractivity contribution in [1.29, 1.82) is 0 Å². The van der Waals surface area contributed by atoms with Crippen molar-refractivity contribution in [3.8, 4) is 0 Å². The number of nitrogens with zero attached hydrogens (tertiary/aromatic N) is 1. The Hall–Kier alpha value is -1.44. The third kappa shape index (κ3) is 3.80. The van der Waals surface area contributed by atoms with Gasteiger partial charge >= 0.3 is 5.97 Å². The van der Waals surface area contributed by atoms with Crippen molar-refractivity contribution in [3.63, 3.8) is 0 Å². The standard InChI is InChI=1S/C23H37NO5Si/c1-9-12-28-22(26)20-18-15(10-11-17(25)21(18)27-6)19-16(13-24(19)20)14(2)29-30(7,8)23(3,4)5/h9,14-16,19,21H,1,10-13H2,2-8H3/t14?,15-,16-,19-,21-/m1/s1. The third-order valence-electron chi connectivity index (χ3n) is 7.51. The minimum Gasteiger partial charge on any atom is -0.457 e. The molecule has 2 fully saturated rings. The van der Waals surface area contributed by atoms with Gasteiger partial charge in [-0.05, 0) is 31.5 Å². The van der Waals surface area contributed by atoms with Gasteiger partial charge in [-0.15, -0.1) is 0 Å². The zero-order valence-corrected chi connectivity index (χ0v) is 20.5. The van der Waals surface area contributed by atoms with Crippen LogP contribution in [0.4, 0.5) is 0 Å². The summed E-state index contributed by atoms with van der Waals surface area (Å²) in [5, 5.41) is 0.141. The van der Waals surface area contributed by atoms with Crippen LogP contribution in [0.5, 0.6) is 0 Å². The number of Topliss-reactive ketones (excluding diaryl/α,β-unsaturated/α-hetero) is 1. The summed E-state index contributed by atoms with van der Waals surface area (Å²) >= 11 is 0. The van der Waals surface area contributed by atoms with Gasteiger partial charge in [0.15, 0.2) is 14.1 Å². The van der Waals surface area contributed by atoms with Crippen LogP contribution in [-0.4, -0.2) is 63.5 Å². The summed E-state index contributed by atoms with van der Waals surface area (Å²) in [6.45, 7) is 18.0. The van der Waals surface area contributed by atoms with E-state index in [4.69, 9.17) is 13.9 Å². The molecule has 0 aromatic heterocycles. The molecule has 1 unspecified atom stereocenters. The fourth-order valence-corrected chi connectivity index (χ4v) is 6.39. The lowest BCUT2D eigenvalue weighted by Crippen LogP contribution is -2.62. The lowest BCUT2D eigenvalue weighted by atomic mass is 9.72. The van der Waals surface area contributed by atoms with E-state index in [0.29, 0.717) is 18.0 Å². The molecule has 2 heterocycles. The molecule has 7 heteroatoms. The van der Waals surface area contributed by atoms with Gasteiger partial charge in [0.2, 0.25) is 0 Å². The number of hydrogen-bond acceptors (Lipinski definition) is 6. The third-order valence-corrected chi connectivity index (χ3v) is 12.1. The highest BCUT2D eigenvalue weighted by molar-refractivity contribution is 6.74. The van der Waals surface area contributed by atoms with Crippen LogP contribution in [0.1, 0.15) is 40.5 Å². The summed E-state index contributed by atoms with van der Waals surface area (Å²) in [5.74, 6) is 0.102. The molecule has 0 amide bonds. The van der Waals surface area contributed by atoms with E-state index in [-0.39, 0.29) is 41.5 Å². The fraction of sp³-hybridized carbons (Fsp3) is 0.739. The van der Waals surface area contributed by atoms with Gasteiger partial charge in [0.1, 0.15) is 18.4 Å². The SMILES string of the molecule is C=CCOC(=O)C1=C2[C@H](OC)C(=O)CC[C@H]2[C@@H]2[C@@H](C(C)O[Si](C)(C)C(C)(C)C)CN12. The van der Waals surface area contributed by atoms with Crippen LogP contribution in [0.15, 0.2) is 23.9 Å². The van der Waals surface area contributed by atoms with Crippen molar-refractivity contribution in [2.75, 3.05) is 20.3 Å². The first-order chi connectivity index (χ1) is 13.9. The van der Waals surface area contributed by atoms with Crippen LogP contribution in [-0.2, 0) is 23.5 Å². The van der Waals surface area contributed by atoms with E-state index < -0.39 is 14.4 Å². The number of ketones is 1. The Morgan fingerprint density at radius 2 is 2.03 bits per heavy atom. The molecule has 168 valence electrons. The Balaban J connectivity index is 1.87. The Kier molecular flexibility index (Phi) is 6.38. The minimum atomic E-state index is -1.90. The van der Waals surface area contributed by atoms with Gasteiger partial charge in [0.05, 0.1) is 0 Å². The molecule has 2 aliphatic heterocycles. The van der Waals surface area contributed by atoms with Crippen molar-refractivity contribution in [2.45, 2.75) is 76.9 Å². The van der Waals surface area contributed by atoms with E-state index in [1.807, 2.05) is 0 Å². The Morgan fingerprint density at radius 3 is 2.60 bits per heavy atom. The molecule has 6 nitrogen and oxygen atoms in total. The molecular formula is C23H37NO5Si. The van der Waals surface area contributed by atoms with Gasteiger partial charge in [-0.2, -0.15) is 0 Å². The summed E-state index contributed by atoms with van der Waals surface area (Å²) in [7, 11) is -0.360. The molecule has 0 aromatic carbocycles. The molecule has 30 heavy (non-hydrogen) atoms. The molecular weight excluding hydrogens is 398 g/mol. The lowest BCUT2D eigenvalue weighted by Gasteiger charge is -2.53. The first-order valence-electron chi connectivity index (χ1n) is 11.0. The highest BCUT2D eigenvalue weighted by Gasteiger charge is 2.59. The number of fused-ring (bicyclic) bond motifs is 3. The normalized spacial score (nSPS) is 29.8. The van der Waals surface area contributed by atoms with Gasteiger partial charge in [-0.1, -0.05) is 33.4 Å². The first kappa shape index (κ1) is 23.2. The van der Waals surface area contributed by atoms with E-state index in [9.17, 15) is 9.59 Å². The molecule has 0 aromatic rings. The molecule has 1 aliphatic carbocycles. The number of ether oxygens (including phenoxy) is 2. The van der Waals surface area contributed by atoms with Crippen molar-refractivity contribution in [3.05, 3.63) is 23.9 Å². The zero-order valence-electron chi connectivity index (χ0n) is 19.5. The fourth-order valence-electron chi connectivity index (χ4n) is 4.93. The van der Waals surface area contributed by atoms with Crippen LogP contribution >= 0.6 is 0 Å². The van der Waals surface area contributed by atoms with Crippen LogP contribution in [0, 0.1) is 11.8 Å². The molecule has 1 saturated heterocycles. The van der Waals surface area contributed by atoms with Gasteiger partial charge < -0.3 is 18.8 Å². The monoisotopic (exact) mass is 435 g/mol. The predicted octanol–water partition coefficient (Wildman–Crippen LogP) is 3.69. The topological polar surface area (TPSA) is 65.1 Å². The van der Waals surface area contributed by atoms with Gasteiger partial charge in [0.25, 0.3) is 0 Å². The summed E-state index contributed by atoms with van der Waals surface area (Å²) in [5.41, 5.74) is 1.34. The van der Waals surface area contributed by atoms with Crippen LogP contribution in [0.3, 0.4) is 0 Å². The van der Waals surface area contributed by atoms with Gasteiger partial charge in [0, 0.05) is 49.6 Å². The first-order valence-corrected chi connectivity index (χ1v) is 13.9. The van der Waals surface area contributed by atoms with Crippen LogP contribution in [0.25, 0.3) is 0 Å². The van der Waals surface area contributed by atoms with Crippen molar-refractivity contribution >= 4 is 20.1 Å². The van der Waals surface area contributed by atoms with E-state index in [1.54, 1.807) is 13.2 Å². The highest BCUT2D eigenvalue weighted by atomic mass is 28.4. The number of esters is 1. The number of carbonyl (C=O) groups excluding carboxylic acids is 2. The Bertz CT molecular complexity index is 753. The molecule has 3 rings (SSSR count). The average Bonchev–Trinajstić information content (AvgIpc) is 2.86. The van der Waals surface area contributed by atoms with Crippen molar-refractivity contribution in [2.24, 2.45) is 11.8 Å². The Morgan fingerprint density at radius 1 is 1.37 bits per heavy atom. The zero-order chi connectivity index (χ0) is 22.4. The minimum absolute atomic E-state index is 0.0439. The van der Waals surface area contributed by atoms with Crippen LogP contribution < -0.4 is 0 Å². The smallest absolute Gasteiger partial charge is 0.355 e. The molecule has 5 atom stereocenters. The number of hydrogen-bond donors (Lipinski definition) is 0. The molecule has 0 radical (unpaired) electrons. The van der Waals surface area contributed by atoms with Gasteiger partial charge in [-0.3, -0.25) is 4.79 Å². The maximum Gasteiger partial charge on any atom is 0.355 e. The number of rotatable bonds is 7. The maximum absolute atomic E-state index is 12.9. The molecule has 1 saturated carbocycles. The second kappa shape index (κ2) is 8.24. The van der Waals surface area contributed by atoms with E-state index >= 15 is 0 Å². The number of carbonyl (C=O) groups is 2. The predicted molar refractivity (Wildman–Crippen MR) is 118 cm³/mol.